The molecule has 0 fully saturated rings. The Morgan fingerprint density at radius 2 is 2.11 bits per heavy atom. The van der Waals surface area contributed by atoms with Gasteiger partial charge in [0, 0.05) is 11.6 Å². The van der Waals surface area contributed by atoms with Crippen LogP contribution < -0.4 is 5.48 Å². The van der Waals surface area contributed by atoms with Gasteiger partial charge in [0.25, 0.3) is 0 Å². The van der Waals surface area contributed by atoms with Gasteiger partial charge in [0.1, 0.15) is 11.1 Å². The summed E-state index contributed by atoms with van der Waals surface area (Å²) in [5, 5.41) is 3.03. The van der Waals surface area contributed by atoms with E-state index in [1.807, 2.05) is 29.8 Å². The van der Waals surface area contributed by atoms with Gasteiger partial charge in [-0.25, -0.2) is 4.98 Å². The fraction of sp³-hybridized carbons (Fsp3) is 0.400. The third-order valence-corrected chi connectivity index (χ3v) is 3.89. The highest BCUT2D eigenvalue weighted by Gasteiger charge is 2.14. The van der Waals surface area contributed by atoms with E-state index in [2.05, 4.69) is 36.4 Å². The summed E-state index contributed by atoms with van der Waals surface area (Å²) in [6, 6.07) is 10.4. The number of nitrogens with one attached hydrogen (secondary N) is 1. The highest BCUT2D eigenvalue weighted by atomic mass is 32.1. The van der Waals surface area contributed by atoms with Gasteiger partial charge < -0.3 is 0 Å². The molecule has 0 saturated heterocycles. The number of hydroxylamine groups is 1. The lowest BCUT2D eigenvalue weighted by atomic mass is 10.1. The molecular formula is C15H20N2OS. The average molecular weight is 276 g/mol. The van der Waals surface area contributed by atoms with Crippen LogP contribution in [0.25, 0.3) is 0 Å². The number of hydrogen-bond donors (Lipinski definition) is 1. The first-order valence-electron chi connectivity index (χ1n) is 6.66. The first kappa shape index (κ1) is 14.2. The van der Waals surface area contributed by atoms with Gasteiger partial charge in [-0.1, -0.05) is 43.7 Å². The molecule has 0 aliphatic heterocycles. The number of nitrogens with zero attached hydrogens (tertiary/aromatic N) is 1. The molecule has 102 valence electrons. The maximum Gasteiger partial charge on any atom is 0.112 e. The van der Waals surface area contributed by atoms with Gasteiger partial charge in [-0.3, -0.25) is 4.84 Å². The molecule has 1 heterocycles. The van der Waals surface area contributed by atoms with Crippen molar-refractivity contribution in [3.05, 3.63) is 52.5 Å². The van der Waals surface area contributed by atoms with Crippen molar-refractivity contribution in [3.8, 4) is 0 Å². The molecule has 0 radical (unpaired) electrons. The highest BCUT2D eigenvalue weighted by molar-refractivity contribution is 7.09. The van der Waals surface area contributed by atoms with Crippen LogP contribution in [0.1, 0.15) is 49.4 Å². The summed E-state index contributed by atoms with van der Waals surface area (Å²) in [6.45, 7) is 4.23. The molecule has 0 unspecified atom stereocenters. The van der Waals surface area contributed by atoms with Gasteiger partial charge in [0.2, 0.25) is 0 Å². The molecule has 0 saturated carbocycles. The van der Waals surface area contributed by atoms with Gasteiger partial charge in [-0.2, -0.15) is 5.48 Å². The molecule has 3 nitrogen and oxygen atoms in total. The standard InChI is InChI=1S/C15H20N2OS/c1-3-7-14(13-8-5-4-6-9-13)18-17-12(2)15-16-10-11-19-15/h4-6,8-12,14,17H,3,7H2,1-2H3/t12-,14+/m0/s1. The summed E-state index contributed by atoms with van der Waals surface area (Å²) in [7, 11) is 0. The second-order valence-corrected chi connectivity index (χ2v) is 5.44. The number of benzene rings is 1. The largest absolute Gasteiger partial charge is 0.293 e. The highest BCUT2D eigenvalue weighted by Crippen LogP contribution is 2.23. The second-order valence-electron chi connectivity index (χ2n) is 4.52. The SMILES string of the molecule is CCC[C@@H](ON[C@@H](C)c1nccs1)c1ccccc1. The maximum atomic E-state index is 5.87. The molecule has 4 heteroatoms. The molecule has 19 heavy (non-hydrogen) atoms. The van der Waals surface area contributed by atoms with Crippen molar-refractivity contribution >= 4 is 11.3 Å². The molecule has 0 aliphatic carbocycles. The smallest absolute Gasteiger partial charge is 0.112 e. The third kappa shape index (κ3) is 4.13. The van der Waals surface area contributed by atoms with E-state index in [0.29, 0.717) is 0 Å². The number of aromatic nitrogens is 1. The summed E-state index contributed by atoms with van der Waals surface area (Å²) in [5.41, 5.74) is 4.33. The van der Waals surface area contributed by atoms with E-state index >= 15 is 0 Å². The maximum absolute atomic E-state index is 5.87. The Bertz CT molecular complexity index is 458. The zero-order valence-electron chi connectivity index (χ0n) is 11.4. The molecule has 1 aromatic carbocycles. The Hall–Kier alpha value is -1.23. The lowest BCUT2D eigenvalue weighted by Crippen LogP contribution is -2.22. The minimum absolute atomic E-state index is 0.0913. The second kappa shape index (κ2) is 7.38. The first-order chi connectivity index (χ1) is 9.31. The summed E-state index contributed by atoms with van der Waals surface area (Å²) in [6.07, 6.45) is 4.00. The fourth-order valence-electron chi connectivity index (χ4n) is 1.91. The Balaban J connectivity index is 1.94. The Kier molecular flexibility index (Phi) is 5.51. The molecule has 1 aromatic heterocycles. The monoisotopic (exact) mass is 276 g/mol. The minimum atomic E-state index is 0.0913. The van der Waals surface area contributed by atoms with Crippen LogP contribution >= 0.6 is 11.3 Å². The van der Waals surface area contributed by atoms with Crippen molar-refractivity contribution in [2.45, 2.75) is 38.8 Å². The topological polar surface area (TPSA) is 34.1 Å². The Morgan fingerprint density at radius 3 is 2.74 bits per heavy atom. The molecule has 1 N–H and O–H groups in total. The van der Waals surface area contributed by atoms with Crippen LogP contribution in [-0.4, -0.2) is 4.98 Å². The zero-order valence-corrected chi connectivity index (χ0v) is 12.2. The molecule has 0 spiro atoms. The van der Waals surface area contributed by atoms with E-state index in [0.717, 1.165) is 17.8 Å². The van der Waals surface area contributed by atoms with Gasteiger partial charge in [-0.05, 0) is 18.9 Å². The summed E-state index contributed by atoms with van der Waals surface area (Å²) < 4.78 is 0. The minimum Gasteiger partial charge on any atom is -0.293 e. The third-order valence-electron chi connectivity index (χ3n) is 2.93. The average Bonchev–Trinajstić information content (AvgIpc) is 2.98. The fourth-order valence-corrected chi connectivity index (χ4v) is 2.54. The Labute approximate surface area is 118 Å². The van der Waals surface area contributed by atoms with Gasteiger partial charge in [-0.15, -0.1) is 11.3 Å². The van der Waals surface area contributed by atoms with E-state index in [1.54, 1.807) is 11.3 Å². The van der Waals surface area contributed by atoms with Crippen LogP contribution in [0.5, 0.6) is 0 Å². The van der Waals surface area contributed by atoms with Crippen molar-refractivity contribution < 1.29 is 4.84 Å². The lowest BCUT2D eigenvalue weighted by Gasteiger charge is -2.20. The van der Waals surface area contributed by atoms with Gasteiger partial charge >= 0.3 is 0 Å². The molecular weight excluding hydrogens is 256 g/mol. The quantitative estimate of drug-likeness (QED) is 0.767. The summed E-state index contributed by atoms with van der Waals surface area (Å²) in [5.74, 6) is 0. The molecule has 2 rings (SSSR count). The van der Waals surface area contributed by atoms with Crippen molar-refractivity contribution in [1.29, 1.82) is 0 Å². The normalized spacial score (nSPS) is 14.2. The van der Waals surface area contributed by atoms with E-state index < -0.39 is 0 Å². The summed E-state index contributed by atoms with van der Waals surface area (Å²) >= 11 is 1.64. The van der Waals surface area contributed by atoms with Gasteiger partial charge in [0.05, 0.1) is 6.04 Å². The number of hydrogen-bond acceptors (Lipinski definition) is 4. The van der Waals surface area contributed by atoms with Crippen molar-refractivity contribution in [1.82, 2.24) is 10.5 Å². The van der Waals surface area contributed by atoms with Crippen LogP contribution in [0.3, 0.4) is 0 Å². The zero-order chi connectivity index (χ0) is 13.5. The number of thiazole rings is 1. The van der Waals surface area contributed by atoms with Crippen molar-refractivity contribution in [2.75, 3.05) is 0 Å². The van der Waals surface area contributed by atoms with Crippen LogP contribution in [0.15, 0.2) is 41.9 Å². The van der Waals surface area contributed by atoms with Crippen molar-refractivity contribution in [3.63, 3.8) is 0 Å². The van der Waals surface area contributed by atoms with Crippen LogP contribution in [-0.2, 0) is 4.84 Å². The molecule has 2 aromatic rings. The Morgan fingerprint density at radius 1 is 1.32 bits per heavy atom. The van der Waals surface area contributed by atoms with E-state index in [9.17, 15) is 0 Å². The van der Waals surface area contributed by atoms with Crippen LogP contribution in [0.4, 0.5) is 0 Å². The van der Waals surface area contributed by atoms with Crippen LogP contribution in [0, 0.1) is 0 Å². The van der Waals surface area contributed by atoms with Gasteiger partial charge in [0.15, 0.2) is 0 Å². The molecule has 0 aliphatic rings. The van der Waals surface area contributed by atoms with E-state index in [-0.39, 0.29) is 12.1 Å². The molecule has 0 bridgehead atoms. The lowest BCUT2D eigenvalue weighted by molar-refractivity contribution is -0.0477. The molecule has 2 atom stereocenters. The van der Waals surface area contributed by atoms with Crippen molar-refractivity contribution in [2.24, 2.45) is 0 Å². The number of rotatable bonds is 7. The van der Waals surface area contributed by atoms with E-state index in [1.165, 1.54) is 5.56 Å². The first-order valence-corrected chi connectivity index (χ1v) is 7.54. The predicted octanol–water partition coefficient (Wildman–Crippen LogP) is 4.27. The summed E-state index contributed by atoms with van der Waals surface area (Å²) in [4.78, 5) is 10.2. The molecule has 0 amide bonds. The predicted molar refractivity (Wildman–Crippen MR) is 78.8 cm³/mol. The van der Waals surface area contributed by atoms with E-state index in [4.69, 9.17) is 4.84 Å². The van der Waals surface area contributed by atoms with Crippen LogP contribution in [0.2, 0.25) is 0 Å².